The van der Waals surface area contributed by atoms with Crippen LogP contribution >= 0.6 is 24.0 Å². The molecule has 1 unspecified atom stereocenters. The Morgan fingerprint density at radius 2 is 2.17 bits per heavy atom. The number of halogens is 3. The van der Waals surface area contributed by atoms with E-state index in [1.54, 1.807) is 31.6 Å². The SMILES string of the molecule is CCn1cnnc1CNC(=NC)NC1CCN(c2ccccc2OC(F)F)C1.I. The highest BCUT2D eigenvalue weighted by atomic mass is 127. The second-order valence-electron chi connectivity index (χ2n) is 6.38. The lowest BCUT2D eigenvalue weighted by Crippen LogP contribution is -2.44. The van der Waals surface area contributed by atoms with Crippen molar-refractivity contribution in [3.8, 4) is 5.75 Å². The average molecular weight is 521 g/mol. The van der Waals surface area contributed by atoms with Gasteiger partial charge in [-0.15, -0.1) is 34.2 Å². The summed E-state index contributed by atoms with van der Waals surface area (Å²) in [6.45, 7) is 1.90. The van der Waals surface area contributed by atoms with Gasteiger partial charge in [0, 0.05) is 32.7 Å². The van der Waals surface area contributed by atoms with Crippen LogP contribution in [-0.4, -0.2) is 53.5 Å². The summed E-state index contributed by atoms with van der Waals surface area (Å²) in [7, 11) is 1.71. The smallest absolute Gasteiger partial charge is 0.387 e. The largest absolute Gasteiger partial charge is 0.433 e. The second kappa shape index (κ2) is 11.1. The van der Waals surface area contributed by atoms with Crippen LogP contribution in [0.1, 0.15) is 19.2 Å². The van der Waals surface area contributed by atoms with E-state index >= 15 is 0 Å². The zero-order valence-corrected chi connectivity index (χ0v) is 18.7. The van der Waals surface area contributed by atoms with Gasteiger partial charge >= 0.3 is 6.61 Å². The molecule has 1 aliphatic rings. The quantitative estimate of drug-likeness (QED) is 0.331. The number of aryl methyl sites for hydroxylation is 1. The zero-order valence-electron chi connectivity index (χ0n) is 16.4. The van der Waals surface area contributed by atoms with Crippen molar-refractivity contribution in [3.63, 3.8) is 0 Å². The molecule has 0 amide bonds. The summed E-state index contributed by atoms with van der Waals surface area (Å²) in [5, 5.41) is 14.6. The molecule has 1 aliphatic heterocycles. The Balaban J connectivity index is 0.00000300. The number of benzene rings is 1. The van der Waals surface area contributed by atoms with Gasteiger partial charge in [-0.2, -0.15) is 8.78 Å². The third-order valence-corrected chi connectivity index (χ3v) is 4.63. The molecule has 2 heterocycles. The molecule has 0 radical (unpaired) electrons. The number of guanidine groups is 1. The standard InChI is InChI=1S/C18H25F2N7O.HI/c1-3-26-12-23-25-16(26)10-22-18(21-2)24-13-8-9-27(11-13)14-6-4-5-7-15(14)28-17(19)20;/h4-7,12-13,17H,3,8-11H2,1-2H3,(H2,21,22,24);1H. The number of alkyl halides is 2. The minimum absolute atomic E-state index is 0. The molecule has 1 atom stereocenters. The van der Waals surface area contributed by atoms with Gasteiger partial charge < -0.3 is 24.8 Å². The van der Waals surface area contributed by atoms with E-state index in [9.17, 15) is 8.78 Å². The maximum absolute atomic E-state index is 12.6. The van der Waals surface area contributed by atoms with E-state index in [0.29, 0.717) is 24.7 Å². The topological polar surface area (TPSA) is 79.6 Å². The fourth-order valence-electron chi connectivity index (χ4n) is 3.24. The number of nitrogens with one attached hydrogen (secondary N) is 2. The summed E-state index contributed by atoms with van der Waals surface area (Å²) in [5.74, 6) is 1.69. The average Bonchev–Trinajstić information content (AvgIpc) is 3.34. The van der Waals surface area contributed by atoms with Crippen LogP contribution in [-0.2, 0) is 13.1 Å². The first-order valence-electron chi connectivity index (χ1n) is 9.23. The molecule has 11 heteroatoms. The number of hydrogen-bond donors (Lipinski definition) is 2. The number of hydrogen-bond acceptors (Lipinski definition) is 5. The van der Waals surface area contributed by atoms with Crippen LogP contribution < -0.4 is 20.3 Å². The van der Waals surface area contributed by atoms with Crippen molar-refractivity contribution in [3.05, 3.63) is 36.4 Å². The van der Waals surface area contributed by atoms with Crippen LogP contribution in [0.15, 0.2) is 35.6 Å². The Morgan fingerprint density at radius 3 is 2.90 bits per heavy atom. The van der Waals surface area contributed by atoms with Crippen LogP contribution in [0.2, 0.25) is 0 Å². The van der Waals surface area contributed by atoms with Gasteiger partial charge in [0.15, 0.2) is 11.8 Å². The Bertz CT molecular complexity index is 802. The predicted octanol–water partition coefficient (Wildman–Crippen LogP) is 2.46. The minimum atomic E-state index is -2.84. The third-order valence-electron chi connectivity index (χ3n) is 4.63. The molecule has 1 saturated heterocycles. The molecule has 3 rings (SSSR count). The summed E-state index contributed by atoms with van der Waals surface area (Å²) in [6.07, 6.45) is 2.55. The van der Waals surface area contributed by atoms with E-state index in [0.717, 1.165) is 25.3 Å². The van der Waals surface area contributed by atoms with Gasteiger partial charge in [-0.25, -0.2) is 0 Å². The number of ether oxygens (including phenoxy) is 1. The molecule has 0 saturated carbocycles. The molecule has 1 aromatic heterocycles. The fourth-order valence-corrected chi connectivity index (χ4v) is 3.24. The monoisotopic (exact) mass is 521 g/mol. The van der Waals surface area contributed by atoms with Crippen molar-refractivity contribution in [1.29, 1.82) is 0 Å². The van der Waals surface area contributed by atoms with E-state index in [1.165, 1.54) is 0 Å². The van der Waals surface area contributed by atoms with E-state index in [1.807, 2.05) is 22.5 Å². The van der Waals surface area contributed by atoms with E-state index in [4.69, 9.17) is 0 Å². The fraction of sp³-hybridized carbons (Fsp3) is 0.500. The Morgan fingerprint density at radius 1 is 1.38 bits per heavy atom. The van der Waals surface area contributed by atoms with Crippen molar-refractivity contribution < 1.29 is 13.5 Å². The first-order valence-corrected chi connectivity index (χ1v) is 9.23. The van der Waals surface area contributed by atoms with Crippen molar-refractivity contribution in [1.82, 2.24) is 25.4 Å². The molecule has 2 aromatic rings. The number of aromatic nitrogens is 3. The van der Waals surface area contributed by atoms with Crippen molar-refractivity contribution >= 4 is 35.6 Å². The molecule has 0 aliphatic carbocycles. The highest BCUT2D eigenvalue weighted by molar-refractivity contribution is 14.0. The van der Waals surface area contributed by atoms with Gasteiger partial charge in [-0.1, -0.05) is 12.1 Å². The highest BCUT2D eigenvalue weighted by Crippen LogP contribution is 2.31. The summed E-state index contributed by atoms with van der Waals surface area (Å²) in [4.78, 5) is 6.29. The third kappa shape index (κ3) is 6.15. The van der Waals surface area contributed by atoms with Gasteiger partial charge in [0.05, 0.1) is 12.2 Å². The maximum Gasteiger partial charge on any atom is 0.387 e. The molecule has 29 heavy (non-hydrogen) atoms. The zero-order chi connectivity index (χ0) is 19.9. The molecular formula is C18H26F2IN7O. The molecule has 160 valence electrons. The predicted molar refractivity (Wildman–Crippen MR) is 118 cm³/mol. The molecule has 0 spiro atoms. The maximum atomic E-state index is 12.6. The van der Waals surface area contributed by atoms with Crippen LogP contribution in [0, 0.1) is 0 Å². The molecule has 8 nitrogen and oxygen atoms in total. The minimum Gasteiger partial charge on any atom is -0.433 e. The normalized spacial score (nSPS) is 16.7. The number of nitrogens with zero attached hydrogens (tertiary/aromatic N) is 5. The lowest BCUT2D eigenvalue weighted by Gasteiger charge is -2.22. The van der Waals surface area contributed by atoms with E-state index in [-0.39, 0.29) is 35.8 Å². The summed E-state index contributed by atoms with van der Waals surface area (Å²) >= 11 is 0. The molecular weight excluding hydrogens is 495 g/mol. The molecule has 1 fully saturated rings. The van der Waals surface area contributed by atoms with E-state index in [2.05, 4.69) is 30.6 Å². The first-order chi connectivity index (χ1) is 13.6. The summed E-state index contributed by atoms with van der Waals surface area (Å²) in [5.41, 5.74) is 0.672. The van der Waals surface area contributed by atoms with Crippen molar-refractivity contribution in [2.45, 2.75) is 39.1 Å². The molecule has 0 bridgehead atoms. The molecule has 2 N–H and O–H groups in total. The number of rotatable bonds is 7. The van der Waals surface area contributed by atoms with Gasteiger partial charge in [0.25, 0.3) is 0 Å². The van der Waals surface area contributed by atoms with Crippen LogP contribution in [0.25, 0.3) is 0 Å². The van der Waals surface area contributed by atoms with Gasteiger partial charge in [-0.05, 0) is 25.5 Å². The van der Waals surface area contributed by atoms with Gasteiger partial charge in [0.1, 0.15) is 12.1 Å². The van der Waals surface area contributed by atoms with E-state index < -0.39 is 6.61 Å². The Labute approximate surface area is 185 Å². The lowest BCUT2D eigenvalue weighted by atomic mass is 10.2. The Kier molecular flexibility index (Phi) is 8.86. The molecule has 1 aromatic carbocycles. The van der Waals surface area contributed by atoms with Gasteiger partial charge in [-0.3, -0.25) is 4.99 Å². The van der Waals surface area contributed by atoms with Crippen molar-refractivity contribution in [2.24, 2.45) is 4.99 Å². The Hall–Kier alpha value is -2.18. The first kappa shape index (κ1) is 23.1. The summed E-state index contributed by atoms with van der Waals surface area (Å²) in [6, 6.07) is 7.00. The van der Waals surface area contributed by atoms with Crippen LogP contribution in [0.3, 0.4) is 0 Å². The van der Waals surface area contributed by atoms with Crippen LogP contribution in [0.5, 0.6) is 5.75 Å². The highest BCUT2D eigenvalue weighted by Gasteiger charge is 2.26. The van der Waals surface area contributed by atoms with Crippen LogP contribution in [0.4, 0.5) is 14.5 Å². The number of para-hydroxylation sites is 2. The second-order valence-corrected chi connectivity index (χ2v) is 6.38. The van der Waals surface area contributed by atoms with Crippen molar-refractivity contribution in [2.75, 3.05) is 25.0 Å². The number of anilines is 1. The number of aliphatic imine (C=N–C) groups is 1. The summed E-state index contributed by atoms with van der Waals surface area (Å²) < 4.78 is 31.9. The lowest BCUT2D eigenvalue weighted by molar-refractivity contribution is -0.0495. The van der Waals surface area contributed by atoms with Gasteiger partial charge in [0.2, 0.25) is 0 Å².